The quantitative estimate of drug-likeness (QED) is 0.292. The minimum Gasteiger partial charge on any atom is -0.383 e. The number of alkyl halides is 2. The number of aromatic nitrogens is 8. The number of nitrogens with one attached hydrogen (secondary N) is 1. The Balaban J connectivity index is 1.35. The summed E-state index contributed by atoms with van der Waals surface area (Å²) in [5.41, 5.74) is 2.16. The van der Waals surface area contributed by atoms with Gasteiger partial charge in [0.1, 0.15) is 11.6 Å². The normalized spacial score (nSPS) is 14.7. The van der Waals surface area contributed by atoms with Gasteiger partial charge in [-0.1, -0.05) is 12.1 Å². The van der Waals surface area contributed by atoms with Gasteiger partial charge in [-0.05, 0) is 37.6 Å². The molecule has 206 valence electrons. The van der Waals surface area contributed by atoms with Crippen LogP contribution in [0.25, 0.3) is 22.8 Å². The Labute approximate surface area is 227 Å². The van der Waals surface area contributed by atoms with E-state index in [1.54, 1.807) is 31.1 Å². The average molecular weight is 550 g/mol. The number of methoxy groups -OCH3 is 1. The Kier molecular flexibility index (Phi) is 6.37. The number of anilines is 2. The molecule has 40 heavy (non-hydrogen) atoms. The maximum Gasteiger partial charge on any atom is 0.334 e. The molecule has 0 radical (unpaired) electrons. The van der Waals surface area contributed by atoms with Gasteiger partial charge >= 0.3 is 5.92 Å². The smallest absolute Gasteiger partial charge is 0.334 e. The first kappa shape index (κ1) is 25.7. The lowest BCUT2D eigenvalue weighted by atomic mass is 10.1. The minimum absolute atomic E-state index is 0.281. The van der Waals surface area contributed by atoms with Crippen molar-refractivity contribution >= 4 is 11.8 Å². The fourth-order valence-corrected chi connectivity index (χ4v) is 4.98. The number of fused-ring (bicyclic) bond motifs is 3. The molecular formula is C27H26F3N9O. The number of benzene rings is 1. The van der Waals surface area contributed by atoms with Crippen molar-refractivity contribution in [2.45, 2.75) is 38.9 Å². The van der Waals surface area contributed by atoms with Crippen molar-refractivity contribution in [3.8, 4) is 22.8 Å². The van der Waals surface area contributed by atoms with Crippen LogP contribution in [0.4, 0.5) is 24.9 Å². The van der Waals surface area contributed by atoms with Crippen LogP contribution in [-0.4, -0.2) is 52.8 Å². The van der Waals surface area contributed by atoms with E-state index in [1.807, 2.05) is 29.8 Å². The minimum atomic E-state index is -3.66. The molecule has 1 aliphatic heterocycles. The molecule has 6 rings (SSSR count). The third-order valence-electron chi connectivity index (χ3n) is 6.92. The highest BCUT2D eigenvalue weighted by atomic mass is 19.3. The standard InChI is InChI=1S/C27H26F3N9O/c1-16-13-31-26(33-22-8-9-32-38(22)10-11-40-3)34-23(16)18-12-21-24-35-36-25(39(24)17(2)14-37(21)15-18)27(29,30)19-6-4-5-7-20(19)28/h4-9,12-13,15,17H,10-11,14H2,1-3H3,(H,31,33,34)/t17-/m0/s1. The lowest BCUT2D eigenvalue weighted by molar-refractivity contribution is 0.0231. The van der Waals surface area contributed by atoms with Gasteiger partial charge in [-0.3, -0.25) is 4.57 Å². The summed E-state index contributed by atoms with van der Waals surface area (Å²) in [4.78, 5) is 9.15. The van der Waals surface area contributed by atoms with Crippen LogP contribution < -0.4 is 5.32 Å². The highest BCUT2D eigenvalue weighted by Gasteiger charge is 2.44. The highest BCUT2D eigenvalue weighted by Crippen LogP contribution is 2.42. The molecule has 5 heterocycles. The van der Waals surface area contributed by atoms with Gasteiger partial charge in [0.25, 0.3) is 0 Å². The van der Waals surface area contributed by atoms with Crippen molar-refractivity contribution in [3.63, 3.8) is 0 Å². The van der Waals surface area contributed by atoms with E-state index in [1.165, 1.54) is 16.7 Å². The van der Waals surface area contributed by atoms with Crippen molar-refractivity contribution < 1.29 is 17.9 Å². The molecule has 1 aliphatic rings. The molecule has 0 spiro atoms. The molecule has 13 heteroatoms. The number of hydrogen-bond acceptors (Lipinski definition) is 7. The molecule has 0 saturated carbocycles. The molecule has 4 aromatic heterocycles. The third-order valence-corrected chi connectivity index (χ3v) is 6.92. The molecule has 0 unspecified atom stereocenters. The van der Waals surface area contributed by atoms with Crippen LogP contribution >= 0.6 is 0 Å². The summed E-state index contributed by atoms with van der Waals surface area (Å²) in [6, 6.07) is 8.09. The number of hydrogen-bond donors (Lipinski definition) is 1. The van der Waals surface area contributed by atoms with E-state index in [-0.39, 0.29) is 5.82 Å². The van der Waals surface area contributed by atoms with Crippen LogP contribution in [0.15, 0.2) is 55.0 Å². The lowest BCUT2D eigenvalue weighted by Crippen LogP contribution is -2.28. The van der Waals surface area contributed by atoms with Crippen LogP contribution in [0.3, 0.4) is 0 Å². The van der Waals surface area contributed by atoms with Gasteiger partial charge in [0, 0.05) is 37.7 Å². The molecule has 10 nitrogen and oxygen atoms in total. The van der Waals surface area contributed by atoms with Gasteiger partial charge in [-0.2, -0.15) is 13.9 Å². The Bertz CT molecular complexity index is 1690. The van der Waals surface area contributed by atoms with Crippen molar-refractivity contribution in [2.24, 2.45) is 0 Å². The number of nitrogens with zero attached hydrogens (tertiary/aromatic N) is 8. The SMILES string of the molecule is COCCn1nccc1Nc1ncc(C)c(-c2cc3n(c2)C[C@H](C)n2c-3nnc2C(F)(F)c2ccccc2F)n1. The maximum absolute atomic E-state index is 15.5. The Morgan fingerprint density at radius 3 is 2.80 bits per heavy atom. The summed E-state index contributed by atoms with van der Waals surface area (Å²) in [5, 5.41) is 15.5. The zero-order chi connectivity index (χ0) is 28.0. The van der Waals surface area contributed by atoms with E-state index in [0.717, 1.165) is 23.3 Å². The summed E-state index contributed by atoms with van der Waals surface area (Å²) in [5.74, 6) is -3.88. The summed E-state index contributed by atoms with van der Waals surface area (Å²) in [6.45, 7) is 5.17. The Morgan fingerprint density at radius 1 is 1.18 bits per heavy atom. The molecule has 5 aromatic rings. The molecule has 0 bridgehead atoms. The molecular weight excluding hydrogens is 523 g/mol. The summed E-state index contributed by atoms with van der Waals surface area (Å²) >= 11 is 0. The molecule has 0 fully saturated rings. The van der Waals surface area contributed by atoms with E-state index < -0.39 is 29.2 Å². The van der Waals surface area contributed by atoms with Crippen molar-refractivity contribution in [1.82, 2.24) is 39.1 Å². The number of rotatable bonds is 8. The predicted octanol–water partition coefficient (Wildman–Crippen LogP) is 4.95. The second-order valence-electron chi connectivity index (χ2n) is 9.67. The molecule has 0 amide bonds. The van der Waals surface area contributed by atoms with Gasteiger partial charge in [0.15, 0.2) is 5.82 Å². The molecule has 1 aromatic carbocycles. The summed E-state index contributed by atoms with van der Waals surface area (Å²) in [7, 11) is 1.63. The first-order valence-corrected chi connectivity index (χ1v) is 12.7. The summed E-state index contributed by atoms with van der Waals surface area (Å²) < 4.78 is 55.6. The Morgan fingerprint density at radius 2 is 2.00 bits per heavy atom. The van der Waals surface area contributed by atoms with Crippen LogP contribution in [0.2, 0.25) is 0 Å². The fourth-order valence-electron chi connectivity index (χ4n) is 4.98. The number of ether oxygens (including phenoxy) is 1. The Hall–Kier alpha value is -4.52. The molecule has 0 saturated heterocycles. The largest absolute Gasteiger partial charge is 0.383 e. The molecule has 1 N–H and O–H groups in total. The van der Waals surface area contributed by atoms with Crippen molar-refractivity contribution in [2.75, 3.05) is 19.0 Å². The third kappa shape index (κ3) is 4.31. The van der Waals surface area contributed by atoms with Gasteiger partial charge in [-0.15, -0.1) is 10.2 Å². The molecule has 0 aliphatic carbocycles. The maximum atomic E-state index is 15.5. The van der Waals surface area contributed by atoms with Gasteiger partial charge in [0.2, 0.25) is 11.8 Å². The van der Waals surface area contributed by atoms with E-state index in [2.05, 4.69) is 25.6 Å². The first-order chi connectivity index (χ1) is 19.3. The highest BCUT2D eigenvalue weighted by molar-refractivity contribution is 5.71. The van der Waals surface area contributed by atoms with Crippen molar-refractivity contribution in [1.29, 1.82) is 0 Å². The monoisotopic (exact) mass is 549 g/mol. The lowest BCUT2D eigenvalue weighted by Gasteiger charge is -2.27. The van der Waals surface area contributed by atoms with Gasteiger partial charge in [0.05, 0.1) is 42.3 Å². The average Bonchev–Trinajstić information content (AvgIpc) is 3.67. The van der Waals surface area contributed by atoms with E-state index in [9.17, 15) is 4.39 Å². The number of halogens is 3. The second-order valence-corrected chi connectivity index (χ2v) is 9.67. The van der Waals surface area contributed by atoms with E-state index in [4.69, 9.17) is 9.72 Å². The van der Waals surface area contributed by atoms with Crippen LogP contribution in [0.5, 0.6) is 0 Å². The van der Waals surface area contributed by atoms with E-state index in [0.29, 0.717) is 42.9 Å². The zero-order valence-electron chi connectivity index (χ0n) is 22.0. The molecule has 1 atom stereocenters. The zero-order valence-corrected chi connectivity index (χ0v) is 22.0. The summed E-state index contributed by atoms with van der Waals surface area (Å²) in [6.07, 6.45) is 5.31. The predicted molar refractivity (Wildman–Crippen MR) is 141 cm³/mol. The van der Waals surface area contributed by atoms with Crippen LogP contribution in [0.1, 0.15) is 29.9 Å². The van der Waals surface area contributed by atoms with Crippen molar-refractivity contribution in [3.05, 3.63) is 77.8 Å². The van der Waals surface area contributed by atoms with Crippen LogP contribution in [0, 0.1) is 12.7 Å². The van der Waals surface area contributed by atoms with Gasteiger partial charge in [-0.25, -0.2) is 19.0 Å². The second kappa shape index (κ2) is 9.90. The topological polar surface area (TPSA) is 100 Å². The first-order valence-electron chi connectivity index (χ1n) is 12.7. The van der Waals surface area contributed by atoms with Crippen LogP contribution in [-0.2, 0) is 23.7 Å². The van der Waals surface area contributed by atoms with E-state index >= 15 is 8.78 Å². The van der Waals surface area contributed by atoms with Gasteiger partial charge < -0.3 is 14.6 Å². The fraction of sp³-hybridized carbons (Fsp3) is 0.296. The number of aryl methyl sites for hydroxylation is 1.